The van der Waals surface area contributed by atoms with Crippen molar-refractivity contribution < 1.29 is 8.42 Å². The van der Waals surface area contributed by atoms with Gasteiger partial charge in [0.25, 0.3) is 10.0 Å². The Morgan fingerprint density at radius 1 is 1.30 bits per heavy atom. The molecule has 0 fully saturated rings. The van der Waals surface area contributed by atoms with E-state index in [9.17, 15) is 8.42 Å². The number of nitrogen functional groups attached to an aromatic ring is 1. The van der Waals surface area contributed by atoms with Gasteiger partial charge in [0, 0.05) is 18.1 Å². The summed E-state index contributed by atoms with van der Waals surface area (Å²) in [6.45, 7) is 3.83. The molecule has 1 aromatic carbocycles. The lowest BCUT2D eigenvalue weighted by Gasteiger charge is -2.14. The van der Waals surface area contributed by atoms with Crippen molar-refractivity contribution in [2.75, 3.05) is 10.5 Å². The number of aromatic nitrogens is 2. The zero-order valence-corrected chi connectivity index (χ0v) is 12.3. The summed E-state index contributed by atoms with van der Waals surface area (Å²) in [5.74, 6) is 0.188. The lowest BCUT2D eigenvalue weighted by atomic mass is 10.1. The number of imidazole rings is 1. The van der Waals surface area contributed by atoms with Crippen molar-refractivity contribution in [2.45, 2.75) is 31.6 Å². The number of benzene rings is 1. The van der Waals surface area contributed by atoms with Crippen LogP contribution in [0.1, 0.15) is 25.0 Å². The van der Waals surface area contributed by atoms with Crippen LogP contribution in [0.3, 0.4) is 0 Å². The number of hydrogen-bond donors (Lipinski definition) is 3. The maximum absolute atomic E-state index is 12.5. The number of nitrogens with zero attached hydrogens (tertiary/aromatic N) is 1. The van der Waals surface area contributed by atoms with Crippen LogP contribution >= 0.6 is 0 Å². The monoisotopic (exact) mass is 294 g/mol. The Kier molecular flexibility index (Phi) is 3.99. The first-order chi connectivity index (χ1) is 9.47. The second kappa shape index (κ2) is 5.54. The number of aromatic amines is 1. The first kappa shape index (κ1) is 14.4. The summed E-state index contributed by atoms with van der Waals surface area (Å²) >= 11 is 0. The van der Waals surface area contributed by atoms with Gasteiger partial charge in [0.05, 0.1) is 4.90 Å². The van der Waals surface area contributed by atoms with Crippen LogP contribution < -0.4 is 10.5 Å². The van der Waals surface area contributed by atoms with Crippen LogP contribution in [0.5, 0.6) is 0 Å². The molecule has 0 bridgehead atoms. The number of sulfonamides is 1. The van der Waals surface area contributed by atoms with Crippen LogP contribution in [0.4, 0.5) is 11.6 Å². The zero-order chi connectivity index (χ0) is 14.8. The molecule has 0 spiro atoms. The van der Waals surface area contributed by atoms with Gasteiger partial charge in [-0.05, 0) is 36.1 Å². The lowest BCUT2D eigenvalue weighted by Crippen LogP contribution is -2.17. The van der Waals surface area contributed by atoms with Gasteiger partial charge in [0.15, 0.2) is 0 Å². The molecule has 2 rings (SSSR count). The molecule has 4 N–H and O–H groups in total. The van der Waals surface area contributed by atoms with E-state index < -0.39 is 10.0 Å². The molecule has 1 aromatic heterocycles. The van der Waals surface area contributed by atoms with E-state index in [0.29, 0.717) is 17.7 Å². The summed E-state index contributed by atoms with van der Waals surface area (Å²) < 4.78 is 27.4. The molecule has 2 aromatic rings. The van der Waals surface area contributed by atoms with E-state index in [1.807, 2.05) is 19.9 Å². The Hall–Kier alpha value is -2.02. The van der Waals surface area contributed by atoms with Crippen LogP contribution in [0.25, 0.3) is 0 Å². The molecular weight excluding hydrogens is 276 g/mol. The molecule has 0 aliphatic carbocycles. The Balaban J connectivity index is 2.52. The van der Waals surface area contributed by atoms with Crippen LogP contribution in [-0.2, 0) is 22.9 Å². The molecular formula is C13H18N4O2S. The van der Waals surface area contributed by atoms with Gasteiger partial charge in [-0.2, -0.15) is 0 Å². The number of nitrogens with two attached hydrogens (primary N) is 1. The highest BCUT2D eigenvalue weighted by Gasteiger charge is 2.21. The number of anilines is 2. The Bertz CT molecular complexity index is 693. The smallest absolute Gasteiger partial charge is 0.264 e. The van der Waals surface area contributed by atoms with Crippen molar-refractivity contribution in [2.24, 2.45) is 0 Å². The summed E-state index contributed by atoms with van der Waals surface area (Å²) in [6.07, 6.45) is 4.30. The Labute approximate surface area is 118 Å². The van der Waals surface area contributed by atoms with E-state index in [2.05, 4.69) is 14.7 Å². The van der Waals surface area contributed by atoms with Crippen LogP contribution in [-0.4, -0.2) is 18.4 Å². The molecule has 0 saturated carbocycles. The number of H-pyrrole nitrogens is 1. The number of rotatable bonds is 5. The van der Waals surface area contributed by atoms with Crippen LogP contribution in [0.2, 0.25) is 0 Å². The van der Waals surface area contributed by atoms with Gasteiger partial charge in [0.1, 0.15) is 0 Å². The number of hydrogen-bond acceptors (Lipinski definition) is 4. The average Bonchev–Trinajstić information content (AvgIpc) is 2.89. The molecule has 0 unspecified atom stereocenters. The van der Waals surface area contributed by atoms with Gasteiger partial charge < -0.3 is 10.7 Å². The van der Waals surface area contributed by atoms with E-state index in [1.54, 1.807) is 12.3 Å². The molecule has 1 heterocycles. The molecule has 0 aliphatic rings. The van der Waals surface area contributed by atoms with Crippen molar-refractivity contribution in [3.8, 4) is 0 Å². The number of aryl methyl sites for hydroxylation is 1. The molecule has 0 aliphatic heterocycles. The van der Waals surface area contributed by atoms with Gasteiger partial charge in [-0.15, -0.1) is 0 Å². The van der Waals surface area contributed by atoms with Gasteiger partial charge in [-0.25, -0.2) is 18.1 Å². The fourth-order valence-corrected chi connectivity index (χ4v) is 3.42. The van der Waals surface area contributed by atoms with Crippen LogP contribution in [0, 0.1) is 0 Å². The van der Waals surface area contributed by atoms with E-state index in [-0.39, 0.29) is 10.8 Å². The fraction of sp³-hybridized carbons (Fsp3) is 0.308. The minimum absolute atomic E-state index is 0.188. The van der Waals surface area contributed by atoms with Crippen molar-refractivity contribution in [1.29, 1.82) is 0 Å². The summed E-state index contributed by atoms with van der Waals surface area (Å²) in [5.41, 5.74) is 7.98. The highest BCUT2D eigenvalue weighted by atomic mass is 32.2. The topological polar surface area (TPSA) is 101 Å². The second-order valence-electron chi connectivity index (χ2n) is 4.41. The SMILES string of the molecule is CCc1cc(N)c(CC)c(S(=O)(=O)Nc2ncc[nH]2)c1. The van der Waals surface area contributed by atoms with E-state index >= 15 is 0 Å². The molecule has 7 heteroatoms. The fourth-order valence-electron chi connectivity index (χ4n) is 2.05. The Morgan fingerprint density at radius 3 is 2.60 bits per heavy atom. The molecule has 0 saturated heterocycles. The standard InChI is InChI=1S/C13H18N4O2S/c1-3-9-7-11(14)10(4-2)12(8-9)20(18,19)17-13-15-5-6-16-13/h5-8H,3-4,14H2,1-2H3,(H2,15,16,17). The molecule has 108 valence electrons. The molecule has 0 atom stereocenters. The van der Waals surface area contributed by atoms with Crippen molar-refractivity contribution in [3.05, 3.63) is 35.7 Å². The van der Waals surface area contributed by atoms with Gasteiger partial charge in [0.2, 0.25) is 5.95 Å². The predicted octanol–water partition coefficient (Wildman–Crippen LogP) is 1.92. The minimum atomic E-state index is -3.70. The highest BCUT2D eigenvalue weighted by Crippen LogP contribution is 2.26. The third-order valence-electron chi connectivity index (χ3n) is 3.08. The summed E-state index contributed by atoms with van der Waals surface area (Å²) in [6, 6.07) is 3.49. The molecule has 0 amide bonds. The minimum Gasteiger partial charge on any atom is -0.398 e. The maximum atomic E-state index is 12.5. The van der Waals surface area contributed by atoms with E-state index in [4.69, 9.17) is 5.73 Å². The Morgan fingerprint density at radius 2 is 2.05 bits per heavy atom. The van der Waals surface area contributed by atoms with Crippen molar-refractivity contribution in [1.82, 2.24) is 9.97 Å². The molecule has 6 nitrogen and oxygen atoms in total. The number of nitrogens with one attached hydrogen (secondary N) is 2. The third kappa shape index (κ3) is 2.77. The van der Waals surface area contributed by atoms with Crippen LogP contribution in [0.15, 0.2) is 29.4 Å². The predicted molar refractivity (Wildman–Crippen MR) is 79.0 cm³/mol. The zero-order valence-electron chi connectivity index (χ0n) is 11.5. The first-order valence-electron chi connectivity index (χ1n) is 6.41. The quantitative estimate of drug-likeness (QED) is 0.733. The second-order valence-corrected chi connectivity index (χ2v) is 6.06. The third-order valence-corrected chi connectivity index (χ3v) is 4.49. The maximum Gasteiger partial charge on any atom is 0.264 e. The summed E-state index contributed by atoms with van der Waals surface area (Å²) in [5, 5.41) is 0. The highest BCUT2D eigenvalue weighted by molar-refractivity contribution is 7.92. The molecule has 20 heavy (non-hydrogen) atoms. The normalized spacial score (nSPS) is 11.5. The van der Waals surface area contributed by atoms with Crippen molar-refractivity contribution >= 4 is 21.7 Å². The van der Waals surface area contributed by atoms with Crippen molar-refractivity contribution in [3.63, 3.8) is 0 Å². The summed E-state index contributed by atoms with van der Waals surface area (Å²) in [7, 11) is -3.70. The van der Waals surface area contributed by atoms with E-state index in [0.717, 1.165) is 12.0 Å². The van der Waals surface area contributed by atoms with E-state index in [1.165, 1.54) is 6.20 Å². The molecule has 0 radical (unpaired) electrons. The van der Waals surface area contributed by atoms with Gasteiger partial charge >= 0.3 is 0 Å². The average molecular weight is 294 g/mol. The largest absolute Gasteiger partial charge is 0.398 e. The first-order valence-corrected chi connectivity index (χ1v) is 7.89. The van der Waals surface area contributed by atoms with Gasteiger partial charge in [-0.3, -0.25) is 0 Å². The summed E-state index contributed by atoms with van der Waals surface area (Å²) in [4.78, 5) is 6.80. The lowest BCUT2D eigenvalue weighted by molar-refractivity contribution is 0.599. The van der Waals surface area contributed by atoms with Gasteiger partial charge in [-0.1, -0.05) is 13.8 Å².